The van der Waals surface area contributed by atoms with Crippen LogP contribution >= 0.6 is 0 Å². The molecule has 2 nitrogen and oxygen atoms in total. The number of benzene rings is 1. The summed E-state index contributed by atoms with van der Waals surface area (Å²) in [5.41, 5.74) is 1.37. The Kier molecular flexibility index (Phi) is 3.02. The number of aliphatic hydroxyl groups excluding tert-OH is 1. The van der Waals surface area contributed by atoms with Gasteiger partial charge < -0.3 is 10.0 Å². The zero-order valence-electron chi connectivity index (χ0n) is 10.8. The summed E-state index contributed by atoms with van der Waals surface area (Å²) in [7, 11) is 0. The third kappa shape index (κ3) is 2.51. The van der Waals surface area contributed by atoms with E-state index >= 15 is 0 Å². The number of halogens is 1. The Morgan fingerprint density at radius 3 is 2.56 bits per heavy atom. The largest absolute Gasteiger partial charge is 0.389 e. The summed E-state index contributed by atoms with van der Waals surface area (Å²) in [6.07, 6.45) is 4.34. The Hall–Kier alpha value is -1.09. The molecule has 0 heterocycles. The minimum Gasteiger partial charge on any atom is -0.389 e. The van der Waals surface area contributed by atoms with E-state index in [4.69, 9.17) is 0 Å². The molecule has 0 spiro atoms. The monoisotopic (exact) mass is 249 g/mol. The quantitative estimate of drug-likeness (QED) is 0.865. The normalized spacial score (nSPS) is 20.8. The van der Waals surface area contributed by atoms with Gasteiger partial charge >= 0.3 is 0 Å². The molecule has 98 valence electrons. The Balaban J connectivity index is 1.83. The first-order chi connectivity index (χ1) is 8.65. The number of hydrogen-bond acceptors (Lipinski definition) is 2. The number of hydrogen-bond donors (Lipinski definition) is 1. The predicted molar refractivity (Wildman–Crippen MR) is 70.1 cm³/mol. The van der Waals surface area contributed by atoms with E-state index < -0.39 is 6.10 Å². The highest BCUT2D eigenvalue weighted by Gasteiger charge is 2.34. The van der Waals surface area contributed by atoms with E-state index in [1.165, 1.54) is 31.7 Å². The fraction of sp³-hybridized carbons (Fsp3) is 0.600. The second-order valence-corrected chi connectivity index (χ2v) is 5.71. The van der Waals surface area contributed by atoms with Crippen molar-refractivity contribution in [3.8, 4) is 0 Å². The van der Waals surface area contributed by atoms with Crippen LogP contribution in [-0.2, 0) is 0 Å². The molecule has 0 unspecified atom stereocenters. The topological polar surface area (TPSA) is 23.5 Å². The van der Waals surface area contributed by atoms with Crippen LogP contribution in [0, 0.1) is 11.7 Å². The van der Waals surface area contributed by atoms with Crippen molar-refractivity contribution in [2.24, 2.45) is 5.92 Å². The van der Waals surface area contributed by atoms with E-state index in [2.05, 4.69) is 4.90 Å². The maximum atomic E-state index is 14.2. The highest BCUT2D eigenvalue weighted by molar-refractivity contribution is 5.51. The van der Waals surface area contributed by atoms with Gasteiger partial charge in [-0.2, -0.15) is 0 Å². The van der Waals surface area contributed by atoms with Crippen LogP contribution < -0.4 is 4.90 Å². The first-order valence-corrected chi connectivity index (χ1v) is 6.89. The van der Waals surface area contributed by atoms with Gasteiger partial charge in [-0.15, -0.1) is 0 Å². The highest BCUT2D eigenvalue weighted by Crippen LogP contribution is 2.38. The molecular weight excluding hydrogens is 229 g/mol. The smallest absolute Gasteiger partial charge is 0.146 e. The molecule has 1 N–H and O–H groups in total. The second-order valence-electron chi connectivity index (χ2n) is 5.71. The molecule has 1 aromatic rings. The number of rotatable bonds is 5. The molecule has 0 amide bonds. The van der Waals surface area contributed by atoms with Gasteiger partial charge in [0.15, 0.2) is 0 Å². The van der Waals surface area contributed by atoms with Gasteiger partial charge in [0.25, 0.3) is 0 Å². The summed E-state index contributed by atoms with van der Waals surface area (Å²) in [6, 6.07) is 5.68. The van der Waals surface area contributed by atoms with Crippen LogP contribution in [0.25, 0.3) is 0 Å². The minimum atomic E-state index is -0.605. The van der Waals surface area contributed by atoms with Gasteiger partial charge in [-0.3, -0.25) is 0 Å². The molecule has 1 aromatic carbocycles. The van der Waals surface area contributed by atoms with E-state index in [1.807, 2.05) is 12.1 Å². The molecule has 2 aliphatic carbocycles. The molecule has 1 atom stereocenters. The molecular formula is C15H20FNO. The SMILES string of the molecule is C[C@@H](O)c1ccc(N(CC2CC2)C2CC2)c(F)c1. The summed E-state index contributed by atoms with van der Waals surface area (Å²) >= 11 is 0. The van der Waals surface area contributed by atoms with Crippen molar-refractivity contribution in [1.29, 1.82) is 0 Å². The lowest BCUT2D eigenvalue weighted by atomic mass is 10.1. The van der Waals surface area contributed by atoms with Crippen molar-refractivity contribution in [2.75, 3.05) is 11.4 Å². The standard InChI is InChI=1S/C15H20FNO/c1-10(18)12-4-7-15(14(16)8-12)17(13-5-6-13)9-11-2-3-11/h4,7-8,10-11,13,18H,2-3,5-6,9H2,1H3/t10-/m1/s1. The average Bonchev–Trinajstić information content (AvgIpc) is 3.19. The lowest BCUT2D eigenvalue weighted by Gasteiger charge is -2.25. The highest BCUT2D eigenvalue weighted by atomic mass is 19.1. The van der Waals surface area contributed by atoms with Crippen molar-refractivity contribution in [3.63, 3.8) is 0 Å². The van der Waals surface area contributed by atoms with Crippen molar-refractivity contribution in [3.05, 3.63) is 29.6 Å². The summed E-state index contributed by atoms with van der Waals surface area (Å²) < 4.78 is 14.2. The van der Waals surface area contributed by atoms with Crippen LogP contribution in [0.4, 0.5) is 10.1 Å². The minimum absolute atomic E-state index is 0.194. The molecule has 3 heteroatoms. The molecule has 0 aliphatic heterocycles. The third-order valence-electron chi connectivity index (χ3n) is 3.90. The maximum Gasteiger partial charge on any atom is 0.146 e. The maximum absolute atomic E-state index is 14.2. The molecule has 0 saturated heterocycles. The van der Waals surface area contributed by atoms with Crippen molar-refractivity contribution >= 4 is 5.69 Å². The van der Waals surface area contributed by atoms with Gasteiger partial charge in [0.2, 0.25) is 0 Å². The number of aliphatic hydroxyl groups is 1. The fourth-order valence-corrected chi connectivity index (χ4v) is 2.42. The first-order valence-electron chi connectivity index (χ1n) is 6.89. The third-order valence-corrected chi connectivity index (χ3v) is 3.90. The summed E-state index contributed by atoms with van der Waals surface area (Å²) in [4.78, 5) is 2.23. The number of nitrogens with zero attached hydrogens (tertiary/aromatic N) is 1. The van der Waals surface area contributed by atoms with Crippen LogP contribution in [0.3, 0.4) is 0 Å². The molecule has 2 aliphatic rings. The molecule has 3 rings (SSSR count). The fourth-order valence-electron chi connectivity index (χ4n) is 2.42. The van der Waals surface area contributed by atoms with Gasteiger partial charge in [0.1, 0.15) is 5.82 Å². The number of anilines is 1. The van der Waals surface area contributed by atoms with Crippen LogP contribution in [0.5, 0.6) is 0 Å². The van der Waals surface area contributed by atoms with Crippen LogP contribution in [0.2, 0.25) is 0 Å². The Labute approximate surface area is 107 Å². The molecule has 2 fully saturated rings. The molecule has 0 radical (unpaired) electrons. The summed E-state index contributed by atoms with van der Waals surface area (Å²) in [5.74, 6) is 0.572. The van der Waals surface area contributed by atoms with Crippen LogP contribution in [0.1, 0.15) is 44.3 Å². The Morgan fingerprint density at radius 2 is 2.06 bits per heavy atom. The summed E-state index contributed by atoms with van der Waals surface area (Å²) in [6.45, 7) is 2.66. The van der Waals surface area contributed by atoms with Crippen molar-refractivity contribution in [2.45, 2.75) is 44.8 Å². The van der Waals surface area contributed by atoms with Gasteiger partial charge in [-0.1, -0.05) is 6.07 Å². The van der Waals surface area contributed by atoms with Crippen molar-refractivity contribution in [1.82, 2.24) is 0 Å². The lowest BCUT2D eigenvalue weighted by molar-refractivity contribution is 0.199. The molecule has 0 bridgehead atoms. The van der Waals surface area contributed by atoms with E-state index in [1.54, 1.807) is 6.92 Å². The van der Waals surface area contributed by atoms with E-state index in [9.17, 15) is 9.50 Å². The zero-order valence-corrected chi connectivity index (χ0v) is 10.8. The molecule has 2 saturated carbocycles. The predicted octanol–water partition coefficient (Wildman–Crippen LogP) is 3.26. The Morgan fingerprint density at radius 1 is 1.33 bits per heavy atom. The van der Waals surface area contributed by atoms with E-state index in [0.29, 0.717) is 17.3 Å². The van der Waals surface area contributed by atoms with Gasteiger partial charge in [0, 0.05) is 12.6 Å². The molecule has 18 heavy (non-hydrogen) atoms. The van der Waals surface area contributed by atoms with E-state index in [0.717, 1.165) is 12.5 Å². The van der Waals surface area contributed by atoms with Crippen LogP contribution in [-0.4, -0.2) is 17.7 Å². The van der Waals surface area contributed by atoms with Gasteiger partial charge in [0.05, 0.1) is 11.8 Å². The van der Waals surface area contributed by atoms with Gasteiger partial charge in [-0.25, -0.2) is 4.39 Å². The first kappa shape index (κ1) is 12.0. The molecule has 0 aromatic heterocycles. The Bertz CT molecular complexity index is 438. The summed E-state index contributed by atoms with van der Waals surface area (Å²) in [5, 5.41) is 9.47. The average molecular weight is 249 g/mol. The second kappa shape index (κ2) is 4.54. The zero-order chi connectivity index (χ0) is 12.7. The van der Waals surface area contributed by atoms with Crippen molar-refractivity contribution < 1.29 is 9.50 Å². The lowest BCUT2D eigenvalue weighted by Crippen LogP contribution is -2.28. The van der Waals surface area contributed by atoms with E-state index in [-0.39, 0.29) is 5.82 Å². The van der Waals surface area contributed by atoms with Crippen LogP contribution in [0.15, 0.2) is 18.2 Å². The van der Waals surface area contributed by atoms with Gasteiger partial charge in [-0.05, 0) is 56.2 Å².